The molecule has 0 aromatic carbocycles. The van der Waals surface area contributed by atoms with Crippen LogP contribution < -0.4 is 20.4 Å². The smallest absolute Gasteiger partial charge is 0.335 e. The Hall–Kier alpha value is -2.97. The van der Waals surface area contributed by atoms with Gasteiger partial charge in [0.05, 0.1) is 26.3 Å². The summed E-state index contributed by atoms with van der Waals surface area (Å²) >= 11 is 0. The van der Waals surface area contributed by atoms with Gasteiger partial charge in [-0.3, -0.25) is 4.79 Å². The summed E-state index contributed by atoms with van der Waals surface area (Å²) < 4.78 is 14.4. The second kappa shape index (κ2) is 6.46. The topological polar surface area (TPSA) is 116 Å². The molecule has 9 nitrogen and oxygen atoms in total. The predicted molar refractivity (Wildman–Crippen MR) is 69.1 cm³/mol. The van der Waals surface area contributed by atoms with Crippen LogP contribution in [0, 0.1) is 0 Å². The molecule has 0 spiro atoms. The van der Waals surface area contributed by atoms with Crippen LogP contribution in [0.3, 0.4) is 0 Å². The zero-order chi connectivity index (χ0) is 15.2. The highest BCUT2D eigenvalue weighted by atomic mass is 16.5. The van der Waals surface area contributed by atoms with E-state index in [-0.39, 0.29) is 30.0 Å². The van der Waals surface area contributed by atoms with Gasteiger partial charge in [-0.15, -0.1) is 4.98 Å². The van der Waals surface area contributed by atoms with E-state index < -0.39 is 11.5 Å². The highest BCUT2D eigenvalue weighted by Gasteiger charge is 2.10. The minimum Gasteiger partial charge on any atom is -0.467 e. The normalized spacial score (nSPS) is 10.0. The zero-order valence-corrected chi connectivity index (χ0v) is 11.3. The SMILES string of the molecule is COc1nc(CNC(=O)c2ccc(=O)oc2)nc(OC)n1. The third-order valence-electron chi connectivity index (χ3n) is 2.38. The van der Waals surface area contributed by atoms with Gasteiger partial charge in [-0.1, -0.05) is 0 Å². The first kappa shape index (κ1) is 14.4. The zero-order valence-electron chi connectivity index (χ0n) is 11.3. The van der Waals surface area contributed by atoms with Crippen molar-refractivity contribution in [2.75, 3.05) is 14.2 Å². The molecule has 0 unspecified atom stereocenters. The van der Waals surface area contributed by atoms with E-state index in [2.05, 4.69) is 24.7 Å². The fourth-order valence-electron chi connectivity index (χ4n) is 1.39. The quantitative estimate of drug-likeness (QED) is 0.803. The molecule has 2 rings (SSSR count). The van der Waals surface area contributed by atoms with Crippen molar-refractivity contribution in [3.05, 3.63) is 40.2 Å². The van der Waals surface area contributed by atoms with Gasteiger partial charge in [-0.2, -0.15) is 9.97 Å². The van der Waals surface area contributed by atoms with Gasteiger partial charge in [-0.25, -0.2) is 4.79 Å². The molecule has 2 aromatic rings. The summed E-state index contributed by atoms with van der Waals surface area (Å²) in [6, 6.07) is 2.67. The fraction of sp³-hybridized carbons (Fsp3) is 0.250. The third kappa shape index (κ3) is 3.75. The summed E-state index contributed by atoms with van der Waals surface area (Å²) in [5, 5.41) is 2.57. The van der Waals surface area contributed by atoms with Crippen molar-refractivity contribution in [2.24, 2.45) is 0 Å². The van der Waals surface area contributed by atoms with Crippen molar-refractivity contribution in [2.45, 2.75) is 6.54 Å². The Balaban J connectivity index is 2.07. The first-order valence-corrected chi connectivity index (χ1v) is 5.82. The number of amides is 1. The van der Waals surface area contributed by atoms with Crippen LogP contribution in [0.15, 0.2) is 27.6 Å². The van der Waals surface area contributed by atoms with Crippen LogP contribution in [-0.2, 0) is 6.54 Å². The monoisotopic (exact) mass is 292 g/mol. The molecular formula is C12H12N4O5. The summed E-state index contributed by atoms with van der Waals surface area (Å²) in [5.74, 6) is -0.165. The highest BCUT2D eigenvalue weighted by Crippen LogP contribution is 2.08. The molecular weight excluding hydrogens is 280 g/mol. The van der Waals surface area contributed by atoms with E-state index in [1.165, 1.54) is 20.3 Å². The lowest BCUT2D eigenvalue weighted by Gasteiger charge is -2.06. The number of methoxy groups -OCH3 is 2. The molecule has 0 bridgehead atoms. The van der Waals surface area contributed by atoms with Crippen molar-refractivity contribution < 1.29 is 18.7 Å². The van der Waals surface area contributed by atoms with Crippen LogP contribution in [0.2, 0.25) is 0 Å². The van der Waals surface area contributed by atoms with Crippen LogP contribution in [0.5, 0.6) is 12.0 Å². The average molecular weight is 292 g/mol. The van der Waals surface area contributed by atoms with Gasteiger partial charge in [0.15, 0.2) is 5.82 Å². The number of hydrogen-bond acceptors (Lipinski definition) is 8. The molecule has 0 aliphatic carbocycles. The number of carbonyl (C=O) groups is 1. The largest absolute Gasteiger partial charge is 0.467 e. The van der Waals surface area contributed by atoms with Gasteiger partial charge in [-0.05, 0) is 6.07 Å². The lowest BCUT2D eigenvalue weighted by molar-refractivity contribution is 0.0947. The van der Waals surface area contributed by atoms with Crippen LogP contribution in [-0.4, -0.2) is 35.1 Å². The maximum Gasteiger partial charge on any atom is 0.335 e. The van der Waals surface area contributed by atoms with Gasteiger partial charge in [0.1, 0.15) is 6.26 Å². The Kier molecular flexibility index (Phi) is 4.44. The van der Waals surface area contributed by atoms with Crippen molar-refractivity contribution in [3.63, 3.8) is 0 Å². The van der Waals surface area contributed by atoms with E-state index in [0.717, 1.165) is 12.3 Å². The van der Waals surface area contributed by atoms with Crippen LogP contribution in [0.1, 0.15) is 16.2 Å². The van der Waals surface area contributed by atoms with E-state index in [4.69, 9.17) is 9.47 Å². The molecule has 2 heterocycles. The number of hydrogen-bond donors (Lipinski definition) is 1. The molecule has 110 valence electrons. The molecule has 0 radical (unpaired) electrons. The lowest BCUT2D eigenvalue weighted by atomic mass is 10.3. The minimum atomic E-state index is -0.529. The van der Waals surface area contributed by atoms with Gasteiger partial charge in [0.25, 0.3) is 5.91 Å². The number of carbonyl (C=O) groups excluding carboxylic acids is 1. The molecule has 0 aliphatic rings. The summed E-state index contributed by atoms with van der Waals surface area (Å²) in [5.41, 5.74) is -0.318. The van der Waals surface area contributed by atoms with Crippen LogP contribution in [0.25, 0.3) is 0 Å². The molecule has 0 saturated carbocycles. The Morgan fingerprint density at radius 2 is 1.86 bits per heavy atom. The van der Waals surface area contributed by atoms with Crippen molar-refractivity contribution >= 4 is 5.91 Å². The minimum absolute atomic E-state index is 0.0349. The van der Waals surface area contributed by atoms with Crippen molar-refractivity contribution in [3.8, 4) is 12.0 Å². The molecule has 21 heavy (non-hydrogen) atoms. The molecule has 0 fully saturated rings. The summed E-state index contributed by atoms with van der Waals surface area (Å²) in [4.78, 5) is 34.4. The predicted octanol–water partition coefficient (Wildman–Crippen LogP) is -0.228. The summed E-state index contributed by atoms with van der Waals surface area (Å²) in [6.45, 7) is 0.0349. The number of nitrogens with one attached hydrogen (secondary N) is 1. The standard InChI is InChI=1S/C12H12N4O5/c1-19-11-14-8(15-12(16-11)20-2)5-13-10(18)7-3-4-9(17)21-6-7/h3-4,6H,5H2,1-2H3,(H,13,18). The Morgan fingerprint density at radius 1 is 1.19 bits per heavy atom. The molecule has 0 saturated heterocycles. The Bertz CT molecular complexity index is 658. The van der Waals surface area contributed by atoms with Crippen molar-refractivity contribution in [1.29, 1.82) is 0 Å². The fourth-order valence-corrected chi connectivity index (χ4v) is 1.39. The maximum atomic E-state index is 11.8. The lowest BCUT2D eigenvalue weighted by Crippen LogP contribution is -2.24. The second-order valence-corrected chi connectivity index (χ2v) is 3.75. The first-order chi connectivity index (χ1) is 10.1. The van der Waals surface area contributed by atoms with Gasteiger partial charge >= 0.3 is 17.6 Å². The molecule has 0 aliphatic heterocycles. The van der Waals surface area contributed by atoms with Gasteiger partial charge in [0.2, 0.25) is 0 Å². The average Bonchev–Trinajstić information content (AvgIpc) is 2.52. The maximum absolute atomic E-state index is 11.8. The highest BCUT2D eigenvalue weighted by molar-refractivity contribution is 5.93. The van der Waals surface area contributed by atoms with Crippen LogP contribution >= 0.6 is 0 Å². The third-order valence-corrected chi connectivity index (χ3v) is 2.38. The number of aromatic nitrogens is 3. The summed E-state index contributed by atoms with van der Waals surface area (Å²) in [7, 11) is 2.81. The van der Waals surface area contributed by atoms with E-state index in [9.17, 15) is 9.59 Å². The number of rotatable bonds is 5. The van der Waals surface area contributed by atoms with Gasteiger partial charge in [0, 0.05) is 6.07 Å². The number of nitrogens with zero attached hydrogens (tertiary/aromatic N) is 3. The van der Waals surface area contributed by atoms with Gasteiger partial charge < -0.3 is 19.2 Å². The van der Waals surface area contributed by atoms with Crippen LogP contribution in [0.4, 0.5) is 0 Å². The van der Waals surface area contributed by atoms with E-state index in [1.54, 1.807) is 0 Å². The molecule has 2 aromatic heterocycles. The van der Waals surface area contributed by atoms with Crippen molar-refractivity contribution in [1.82, 2.24) is 20.3 Å². The van der Waals surface area contributed by atoms with E-state index in [0.29, 0.717) is 0 Å². The molecule has 9 heteroatoms. The molecule has 0 atom stereocenters. The Labute approximate surface area is 119 Å². The van der Waals surface area contributed by atoms with E-state index >= 15 is 0 Å². The summed E-state index contributed by atoms with van der Waals surface area (Å²) in [6.07, 6.45) is 1.08. The Morgan fingerprint density at radius 3 is 2.38 bits per heavy atom. The number of ether oxygens (including phenoxy) is 2. The second-order valence-electron chi connectivity index (χ2n) is 3.75. The van der Waals surface area contributed by atoms with E-state index in [1.807, 2.05) is 0 Å². The molecule has 1 amide bonds. The molecule has 1 N–H and O–H groups in total. The first-order valence-electron chi connectivity index (χ1n) is 5.82.